The normalized spacial score (nSPS) is 20.5. The van der Waals surface area contributed by atoms with Gasteiger partial charge in [0, 0.05) is 17.6 Å². The molecule has 1 fully saturated rings. The Kier molecular flexibility index (Phi) is 4.26. The van der Waals surface area contributed by atoms with Crippen molar-refractivity contribution in [2.75, 3.05) is 11.9 Å². The van der Waals surface area contributed by atoms with Gasteiger partial charge in [0.2, 0.25) is 5.91 Å². The van der Waals surface area contributed by atoms with Gasteiger partial charge < -0.3 is 5.32 Å². The predicted octanol–water partition coefficient (Wildman–Crippen LogP) is 1.23. The van der Waals surface area contributed by atoms with E-state index in [1.165, 1.54) is 17.7 Å². The highest BCUT2D eigenvalue weighted by Crippen LogP contribution is 2.22. The highest BCUT2D eigenvalue weighted by molar-refractivity contribution is 7.13. The number of amides is 1. The Morgan fingerprint density at radius 1 is 1.62 bits per heavy atom. The van der Waals surface area contributed by atoms with Crippen LogP contribution in [0.3, 0.4) is 0 Å². The molecule has 2 atom stereocenters. The van der Waals surface area contributed by atoms with E-state index in [2.05, 4.69) is 25.3 Å². The molecule has 0 aliphatic carbocycles. The number of hydrogen-bond donors (Lipinski definition) is 1. The van der Waals surface area contributed by atoms with Crippen LogP contribution in [0.5, 0.6) is 0 Å². The van der Waals surface area contributed by atoms with Crippen molar-refractivity contribution < 1.29 is 4.79 Å². The number of likely N-dealkylation sites (tertiary alicyclic amines) is 1. The molecule has 8 heteroatoms. The van der Waals surface area contributed by atoms with Crippen LogP contribution in [0.15, 0.2) is 24.2 Å². The first kappa shape index (κ1) is 14.2. The van der Waals surface area contributed by atoms with E-state index in [-0.39, 0.29) is 11.9 Å². The van der Waals surface area contributed by atoms with E-state index in [0.29, 0.717) is 11.2 Å². The van der Waals surface area contributed by atoms with E-state index >= 15 is 0 Å². The Bertz CT molecular complexity index is 570. The number of carbonyl (C=O) groups excluding carboxylic acids is 1. The quantitative estimate of drug-likeness (QED) is 0.899. The number of nitrogens with one attached hydrogen (secondary N) is 1. The molecular formula is C13H18N6OS. The summed E-state index contributed by atoms with van der Waals surface area (Å²) < 4.78 is 1.83. The topological polar surface area (TPSA) is 75.9 Å². The van der Waals surface area contributed by atoms with Crippen molar-refractivity contribution >= 4 is 22.4 Å². The molecular weight excluding hydrogens is 288 g/mol. The van der Waals surface area contributed by atoms with Crippen LogP contribution in [-0.2, 0) is 11.3 Å². The molecule has 0 spiro atoms. The van der Waals surface area contributed by atoms with Crippen molar-refractivity contribution in [2.24, 2.45) is 0 Å². The van der Waals surface area contributed by atoms with Crippen molar-refractivity contribution in [3.05, 3.63) is 24.2 Å². The summed E-state index contributed by atoms with van der Waals surface area (Å²) in [5.74, 6) is -0.00422. The van der Waals surface area contributed by atoms with Crippen LogP contribution in [0.2, 0.25) is 0 Å². The number of aromatic nitrogens is 4. The Morgan fingerprint density at radius 3 is 3.24 bits per heavy atom. The molecule has 1 N–H and O–H groups in total. The summed E-state index contributed by atoms with van der Waals surface area (Å²) in [6.45, 7) is 3.66. The lowest BCUT2D eigenvalue weighted by Crippen LogP contribution is -2.46. The van der Waals surface area contributed by atoms with Gasteiger partial charge >= 0.3 is 0 Å². The summed E-state index contributed by atoms with van der Waals surface area (Å²) in [7, 11) is 0. The molecule has 112 valence electrons. The molecule has 7 nitrogen and oxygen atoms in total. The lowest BCUT2D eigenvalue weighted by atomic mass is 10.2. The fourth-order valence-electron chi connectivity index (χ4n) is 2.75. The second-order valence-corrected chi connectivity index (χ2v) is 6.05. The third kappa shape index (κ3) is 3.27. The molecule has 1 aliphatic rings. The van der Waals surface area contributed by atoms with Gasteiger partial charge in [0.1, 0.15) is 12.7 Å². The highest BCUT2D eigenvalue weighted by atomic mass is 32.1. The number of rotatable bonds is 5. The van der Waals surface area contributed by atoms with Crippen LogP contribution in [0.4, 0.5) is 5.13 Å². The molecule has 1 aliphatic heterocycles. The molecule has 0 saturated carbocycles. The van der Waals surface area contributed by atoms with Gasteiger partial charge in [-0.25, -0.2) is 9.97 Å². The summed E-state index contributed by atoms with van der Waals surface area (Å²) in [6.07, 6.45) is 7.13. The third-order valence-electron chi connectivity index (χ3n) is 3.83. The van der Waals surface area contributed by atoms with Gasteiger partial charge in [-0.15, -0.1) is 11.3 Å². The van der Waals surface area contributed by atoms with Crippen molar-refractivity contribution in [1.29, 1.82) is 0 Å². The molecule has 1 amide bonds. The lowest BCUT2D eigenvalue weighted by molar-refractivity contribution is -0.121. The van der Waals surface area contributed by atoms with E-state index < -0.39 is 0 Å². The predicted molar refractivity (Wildman–Crippen MR) is 80.0 cm³/mol. The fourth-order valence-corrected chi connectivity index (χ4v) is 3.28. The van der Waals surface area contributed by atoms with Crippen LogP contribution in [0, 0.1) is 0 Å². The average molecular weight is 306 g/mol. The summed E-state index contributed by atoms with van der Waals surface area (Å²) in [5.41, 5.74) is 0. The summed E-state index contributed by atoms with van der Waals surface area (Å²) >= 11 is 1.43. The summed E-state index contributed by atoms with van der Waals surface area (Å²) in [5, 5.41) is 9.52. The standard InChI is InChI=1S/C13H18N6OS/c1-10(12(20)17-13-15-4-6-21-13)19-5-2-3-11(19)7-18-9-14-8-16-18/h4,6,8-11H,2-3,5,7H2,1H3,(H,15,17,20)/t10-,11+/m1/s1. The Labute approximate surface area is 127 Å². The molecule has 0 bridgehead atoms. The van der Waals surface area contributed by atoms with Crippen LogP contribution >= 0.6 is 11.3 Å². The second-order valence-electron chi connectivity index (χ2n) is 5.15. The fraction of sp³-hybridized carbons (Fsp3) is 0.538. The van der Waals surface area contributed by atoms with Crippen molar-refractivity contribution in [2.45, 2.75) is 38.4 Å². The van der Waals surface area contributed by atoms with Gasteiger partial charge in [-0.2, -0.15) is 5.10 Å². The van der Waals surface area contributed by atoms with Crippen molar-refractivity contribution in [3.63, 3.8) is 0 Å². The van der Waals surface area contributed by atoms with E-state index in [0.717, 1.165) is 25.9 Å². The van der Waals surface area contributed by atoms with Crippen LogP contribution in [0.25, 0.3) is 0 Å². The second kappa shape index (κ2) is 6.31. The van der Waals surface area contributed by atoms with Gasteiger partial charge in [-0.3, -0.25) is 14.4 Å². The first-order valence-corrected chi connectivity index (χ1v) is 7.90. The van der Waals surface area contributed by atoms with Gasteiger partial charge in [-0.1, -0.05) is 0 Å². The maximum absolute atomic E-state index is 12.3. The summed E-state index contributed by atoms with van der Waals surface area (Å²) in [6, 6.07) is 0.147. The number of nitrogens with zero attached hydrogens (tertiary/aromatic N) is 5. The maximum Gasteiger partial charge on any atom is 0.243 e. The Hall–Kier alpha value is -1.80. The minimum absolute atomic E-state index is 0.00422. The number of hydrogen-bond acceptors (Lipinski definition) is 6. The molecule has 21 heavy (non-hydrogen) atoms. The van der Waals surface area contributed by atoms with E-state index in [1.54, 1.807) is 12.5 Å². The molecule has 1 saturated heterocycles. The number of carbonyl (C=O) groups is 1. The molecule has 0 radical (unpaired) electrons. The lowest BCUT2D eigenvalue weighted by Gasteiger charge is -2.29. The summed E-state index contributed by atoms with van der Waals surface area (Å²) in [4.78, 5) is 22.6. The average Bonchev–Trinajstić information content (AvgIpc) is 3.20. The molecule has 3 heterocycles. The zero-order valence-electron chi connectivity index (χ0n) is 11.8. The third-order valence-corrected chi connectivity index (χ3v) is 4.51. The molecule has 2 aromatic heterocycles. The molecule has 3 rings (SSSR count). The van der Waals surface area contributed by atoms with Gasteiger partial charge in [0.15, 0.2) is 5.13 Å². The monoisotopic (exact) mass is 306 g/mol. The van der Waals surface area contributed by atoms with Crippen molar-refractivity contribution in [3.8, 4) is 0 Å². The van der Waals surface area contributed by atoms with E-state index in [1.807, 2.05) is 17.0 Å². The van der Waals surface area contributed by atoms with E-state index in [4.69, 9.17) is 0 Å². The van der Waals surface area contributed by atoms with Crippen LogP contribution in [0.1, 0.15) is 19.8 Å². The van der Waals surface area contributed by atoms with Crippen LogP contribution < -0.4 is 5.32 Å². The molecule has 0 aromatic carbocycles. The minimum Gasteiger partial charge on any atom is -0.301 e. The highest BCUT2D eigenvalue weighted by Gasteiger charge is 2.32. The van der Waals surface area contributed by atoms with Crippen molar-refractivity contribution in [1.82, 2.24) is 24.6 Å². The number of thiazole rings is 1. The zero-order chi connectivity index (χ0) is 14.7. The maximum atomic E-state index is 12.3. The van der Waals surface area contributed by atoms with E-state index in [9.17, 15) is 4.79 Å². The van der Waals surface area contributed by atoms with Gasteiger partial charge in [-0.05, 0) is 26.3 Å². The first-order valence-electron chi connectivity index (χ1n) is 7.02. The first-order chi connectivity index (χ1) is 10.2. The molecule has 2 aromatic rings. The minimum atomic E-state index is -0.176. The van der Waals surface area contributed by atoms with Crippen LogP contribution in [-0.4, -0.2) is 49.2 Å². The zero-order valence-corrected chi connectivity index (χ0v) is 12.7. The SMILES string of the molecule is C[C@H](C(=O)Nc1nccs1)N1CCC[C@H]1Cn1cncn1. The Morgan fingerprint density at radius 2 is 2.52 bits per heavy atom. The molecule has 0 unspecified atom stereocenters. The van der Waals surface area contributed by atoms with Gasteiger partial charge in [0.05, 0.1) is 12.6 Å². The largest absolute Gasteiger partial charge is 0.301 e. The number of anilines is 1. The Balaban J connectivity index is 1.62. The smallest absolute Gasteiger partial charge is 0.243 e. The van der Waals surface area contributed by atoms with Gasteiger partial charge in [0.25, 0.3) is 0 Å².